The Labute approximate surface area is 211 Å². The third-order valence-corrected chi connectivity index (χ3v) is 9.48. The number of nitriles is 2. The Morgan fingerprint density at radius 1 is 0.706 bits per heavy atom. The van der Waals surface area contributed by atoms with Crippen molar-refractivity contribution in [1.29, 1.82) is 10.5 Å². The van der Waals surface area contributed by atoms with E-state index in [1.54, 1.807) is 45.3 Å². The fourth-order valence-corrected chi connectivity index (χ4v) is 7.37. The van der Waals surface area contributed by atoms with E-state index in [-0.39, 0.29) is 0 Å². The molecule has 0 bridgehead atoms. The lowest BCUT2D eigenvalue weighted by Gasteiger charge is -1.93. The molecule has 0 amide bonds. The summed E-state index contributed by atoms with van der Waals surface area (Å²) in [6, 6.07) is 21.0. The number of nitrogens with one attached hydrogen (secondary N) is 2. The van der Waals surface area contributed by atoms with E-state index in [9.17, 15) is 10.5 Å². The van der Waals surface area contributed by atoms with E-state index >= 15 is 0 Å². The molecular weight excluding hydrogens is 497 g/mol. The molecule has 6 rings (SSSR count). The van der Waals surface area contributed by atoms with E-state index in [4.69, 9.17) is 0 Å². The first-order valence-corrected chi connectivity index (χ1v) is 13.7. The number of hydrogen-bond donors (Lipinski definition) is 2. The van der Waals surface area contributed by atoms with Gasteiger partial charge in [0, 0.05) is 30.9 Å². The van der Waals surface area contributed by atoms with Crippen LogP contribution in [0.1, 0.15) is 21.1 Å². The highest BCUT2D eigenvalue weighted by atomic mass is 32.1. The molecule has 0 saturated heterocycles. The summed E-state index contributed by atoms with van der Waals surface area (Å²) in [7, 11) is 0. The van der Waals surface area contributed by atoms with Crippen molar-refractivity contribution < 1.29 is 0 Å². The quantitative estimate of drug-likeness (QED) is 0.227. The minimum absolute atomic E-state index is 0.667. The monoisotopic (exact) mass is 510 g/mol. The molecule has 0 aliphatic carbocycles. The van der Waals surface area contributed by atoms with Crippen LogP contribution >= 0.6 is 45.3 Å². The molecule has 162 valence electrons. The van der Waals surface area contributed by atoms with Crippen molar-refractivity contribution in [3.05, 3.63) is 80.4 Å². The average molecular weight is 511 g/mol. The largest absolute Gasteiger partial charge is 0.354 e. The zero-order chi connectivity index (χ0) is 23.1. The molecule has 6 aromatic heterocycles. The lowest BCUT2D eigenvalue weighted by atomic mass is 10.2. The SMILES string of the molecule is N#C/C(=C\c1cc2sc(-c3cc4[nH]c(/C=C(\C#N)c5cccs5)cc4s3)cc2[nH]1)c1cccs1. The number of rotatable bonds is 5. The summed E-state index contributed by atoms with van der Waals surface area (Å²) >= 11 is 6.62. The van der Waals surface area contributed by atoms with E-state index < -0.39 is 0 Å². The second-order valence-electron chi connectivity index (χ2n) is 7.52. The zero-order valence-corrected chi connectivity index (χ0v) is 20.7. The maximum Gasteiger partial charge on any atom is 0.101 e. The Balaban J connectivity index is 1.28. The molecular formula is C26H14N4S4. The Bertz CT molecular complexity index is 1570. The van der Waals surface area contributed by atoms with Crippen LogP contribution < -0.4 is 0 Å². The van der Waals surface area contributed by atoms with Gasteiger partial charge in [0.2, 0.25) is 0 Å². The lowest BCUT2D eigenvalue weighted by Crippen LogP contribution is -1.77. The summed E-state index contributed by atoms with van der Waals surface area (Å²) in [6.07, 6.45) is 3.82. The summed E-state index contributed by atoms with van der Waals surface area (Å²) in [5, 5.41) is 23.0. The molecule has 0 aliphatic rings. The molecule has 34 heavy (non-hydrogen) atoms. The van der Waals surface area contributed by atoms with Gasteiger partial charge in [0.1, 0.15) is 12.1 Å². The fourth-order valence-electron chi connectivity index (χ4n) is 3.78. The normalized spacial score (nSPS) is 12.4. The standard InChI is InChI=1S/C26H14N4S4/c27-13-15(21-3-1-5-31-21)7-17-9-23-19(29-17)11-25(33-23)26-12-20-24(34-26)10-18(30-20)8-16(14-28)22-4-2-6-32-22/h1-12,29-30H/b15-7+,16-8+. The molecule has 6 aromatic rings. The third kappa shape index (κ3) is 3.83. The first-order chi connectivity index (χ1) is 16.7. The first-order valence-electron chi connectivity index (χ1n) is 10.3. The van der Waals surface area contributed by atoms with Gasteiger partial charge in [-0.2, -0.15) is 10.5 Å². The number of fused-ring (bicyclic) bond motifs is 2. The smallest absolute Gasteiger partial charge is 0.101 e. The van der Waals surface area contributed by atoms with Crippen LogP contribution in [0, 0.1) is 22.7 Å². The van der Waals surface area contributed by atoms with Gasteiger partial charge in [-0.1, -0.05) is 12.1 Å². The van der Waals surface area contributed by atoms with Crippen molar-refractivity contribution >= 4 is 89.1 Å². The summed E-state index contributed by atoms with van der Waals surface area (Å²) < 4.78 is 2.33. The van der Waals surface area contributed by atoms with Gasteiger partial charge >= 0.3 is 0 Å². The first kappa shape index (κ1) is 20.9. The van der Waals surface area contributed by atoms with Crippen molar-refractivity contribution in [2.45, 2.75) is 0 Å². The van der Waals surface area contributed by atoms with Crippen LogP contribution in [0.3, 0.4) is 0 Å². The third-order valence-electron chi connectivity index (χ3n) is 5.31. The summed E-state index contributed by atoms with van der Waals surface area (Å²) in [4.78, 5) is 11.2. The Hall–Kier alpha value is -3.66. The number of hydrogen-bond acceptors (Lipinski definition) is 6. The predicted molar refractivity (Wildman–Crippen MR) is 147 cm³/mol. The van der Waals surface area contributed by atoms with Crippen LogP contribution in [0.4, 0.5) is 0 Å². The van der Waals surface area contributed by atoms with E-state index in [2.05, 4.69) is 46.4 Å². The van der Waals surface area contributed by atoms with Crippen LogP contribution in [-0.4, -0.2) is 9.97 Å². The second-order valence-corrected chi connectivity index (χ2v) is 11.6. The molecule has 0 spiro atoms. The molecule has 0 fully saturated rings. The molecule has 0 radical (unpaired) electrons. The van der Waals surface area contributed by atoms with E-state index in [1.165, 1.54) is 19.2 Å². The fraction of sp³-hybridized carbons (Fsp3) is 0. The lowest BCUT2D eigenvalue weighted by molar-refractivity contribution is 1.43. The molecule has 0 aromatic carbocycles. The Kier molecular flexibility index (Phi) is 5.29. The minimum atomic E-state index is 0.667. The molecule has 8 heteroatoms. The van der Waals surface area contributed by atoms with Crippen LogP contribution in [0.2, 0.25) is 0 Å². The molecule has 0 atom stereocenters. The Morgan fingerprint density at radius 2 is 1.18 bits per heavy atom. The van der Waals surface area contributed by atoms with Gasteiger partial charge in [0.05, 0.1) is 31.6 Å². The zero-order valence-electron chi connectivity index (χ0n) is 17.5. The van der Waals surface area contributed by atoms with Gasteiger partial charge in [-0.15, -0.1) is 45.3 Å². The summed E-state index contributed by atoms with van der Waals surface area (Å²) in [6.45, 7) is 0. The Morgan fingerprint density at radius 3 is 1.53 bits per heavy atom. The molecule has 0 unspecified atom stereocenters. The van der Waals surface area contributed by atoms with Crippen molar-refractivity contribution in [2.75, 3.05) is 0 Å². The maximum absolute atomic E-state index is 9.51. The van der Waals surface area contributed by atoms with Crippen molar-refractivity contribution in [3.63, 3.8) is 0 Å². The number of thiophene rings is 4. The van der Waals surface area contributed by atoms with Gasteiger partial charge in [-0.3, -0.25) is 0 Å². The number of nitrogens with zero attached hydrogens (tertiary/aromatic N) is 2. The van der Waals surface area contributed by atoms with Crippen LogP contribution in [-0.2, 0) is 0 Å². The number of allylic oxidation sites excluding steroid dienone is 2. The number of H-pyrrole nitrogens is 2. The van der Waals surface area contributed by atoms with Crippen molar-refractivity contribution in [1.82, 2.24) is 9.97 Å². The van der Waals surface area contributed by atoms with Gasteiger partial charge < -0.3 is 9.97 Å². The minimum Gasteiger partial charge on any atom is -0.354 e. The molecule has 4 nitrogen and oxygen atoms in total. The summed E-state index contributed by atoms with van der Waals surface area (Å²) in [5.41, 5.74) is 5.35. The average Bonchev–Trinajstić information content (AvgIpc) is 3.64. The van der Waals surface area contributed by atoms with E-state index in [0.29, 0.717) is 11.1 Å². The van der Waals surface area contributed by atoms with Gasteiger partial charge in [-0.05, 0) is 59.3 Å². The van der Waals surface area contributed by atoms with Crippen LogP contribution in [0.5, 0.6) is 0 Å². The van der Waals surface area contributed by atoms with Gasteiger partial charge in [0.15, 0.2) is 0 Å². The van der Waals surface area contributed by atoms with Crippen LogP contribution in [0.25, 0.3) is 53.5 Å². The van der Waals surface area contributed by atoms with Crippen LogP contribution in [0.15, 0.2) is 59.3 Å². The molecule has 0 saturated carbocycles. The topological polar surface area (TPSA) is 79.2 Å². The van der Waals surface area contributed by atoms with Crippen molar-refractivity contribution in [3.8, 4) is 21.9 Å². The predicted octanol–water partition coefficient (Wildman–Crippen LogP) is 8.69. The maximum atomic E-state index is 9.51. The van der Waals surface area contributed by atoms with E-state index in [1.807, 2.05) is 47.2 Å². The highest BCUT2D eigenvalue weighted by molar-refractivity contribution is 7.28. The molecule has 2 N–H and O–H groups in total. The number of aromatic amines is 2. The van der Waals surface area contributed by atoms with E-state index in [0.717, 1.165) is 32.2 Å². The molecule has 6 heterocycles. The van der Waals surface area contributed by atoms with Gasteiger partial charge in [-0.25, -0.2) is 0 Å². The number of aromatic nitrogens is 2. The molecule has 0 aliphatic heterocycles. The van der Waals surface area contributed by atoms with Crippen molar-refractivity contribution in [2.24, 2.45) is 0 Å². The second kappa shape index (κ2) is 8.60. The van der Waals surface area contributed by atoms with Gasteiger partial charge in [0.25, 0.3) is 0 Å². The summed E-state index contributed by atoms with van der Waals surface area (Å²) in [5.74, 6) is 0. The highest BCUT2D eigenvalue weighted by Crippen LogP contribution is 2.40. The highest BCUT2D eigenvalue weighted by Gasteiger charge is 2.13.